The van der Waals surface area contributed by atoms with Gasteiger partial charge in [-0.15, -0.1) is 0 Å². The van der Waals surface area contributed by atoms with Crippen molar-refractivity contribution in [2.45, 2.75) is 50.2 Å². The van der Waals surface area contributed by atoms with Crippen molar-refractivity contribution in [2.24, 2.45) is 5.73 Å². The van der Waals surface area contributed by atoms with Gasteiger partial charge < -0.3 is 21.3 Å². The molecule has 0 saturated heterocycles. The molecular weight excluding hydrogens is 208 g/mol. The van der Waals surface area contributed by atoms with Crippen LogP contribution >= 0.6 is 0 Å². The first-order chi connectivity index (χ1) is 7.37. The molecule has 5 heteroatoms. The molecule has 0 aromatic carbocycles. The number of aliphatic hydroxyl groups is 2. The van der Waals surface area contributed by atoms with Crippen LogP contribution in [0.15, 0.2) is 0 Å². The van der Waals surface area contributed by atoms with E-state index in [1.54, 1.807) is 0 Å². The van der Waals surface area contributed by atoms with Crippen molar-refractivity contribution < 1.29 is 15.0 Å². The van der Waals surface area contributed by atoms with Gasteiger partial charge in [0.2, 0.25) is 5.91 Å². The van der Waals surface area contributed by atoms with Crippen molar-refractivity contribution in [3.63, 3.8) is 0 Å². The molecule has 5 nitrogen and oxygen atoms in total. The average molecular weight is 230 g/mol. The Morgan fingerprint density at radius 3 is 2.56 bits per heavy atom. The van der Waals surface area contributed by atoms with Gasteiger partial charge in [-0.3, -0.25) is 4.79 Å². The summed E-state index contributed by atoms with van der Waals surface area (Å²) in [5.41, 5.74) is 4.44. The fraction of sp³-hybridized carbons (Fsp3) is 0.909. The molecule has 1 saturated carbocycles. The normalized spacial score (nSPS) is 22.8. The second kappa shape index (κ2) is 5.12. The average Bonchev–Trinajstić information content (AvgIpc) is 2.62. The van der Waals surface area contributed by atoms with Crippen LogP contribution in [0.3, 0.4) is 0 Å². The summed E-state index contributed by atoms with van der Waals surface area (Å²) in [7, 11) is 0. The number of hydrogen-bond donors (Lipinski definition) is 4. The van der Waals surface area contributed by atoms with E-state index in [-0.39, 0.29) is 24.6 Å². The lowest BCUT2D eigenvalue weighted by Crippen LogP contribution is -2.47. The fourth-order valence-electron chi connectivity index (χ4n) is 1.98. The number of carbonyl (C=O) groups excluding carboxylic acids is 1. The van der Waals surface area contributed by atoms with Crippen LogP contribution in [-0.4, -0.2) is 40.4 Å². The molecule has 1 aliphatic carbocycles. The smallest absolute Gasteiger partial charge is 0.221 e. The Hall–Kier alpha value is -0.650. The van der Waals surface area contributed by atoms with Gasteiger partial charge >= 0.3 is 0 Å². The zero-order valence-electron chi connectivity index (χ0n) is 9.83. The minimum Gasteiger partial charge on any atom is -0.393 e. The van der Waals surface area contributed by atoms with Crippen molar-refractivity contribution in [2.75, 3.05) is 13.2 Å². The Morgan fingerprint density at radius 2 is 2.06 bits per heavy atom. The quantitative estimate of drug-likeness (QED) is 0.512. The van der Waals surface area contributed by atoms with E-state index in [1.165, 1.54) is 6.92 Å². The molecule has 1 fully saturated rings. The predicted octanol–water partition coefficient (Wildman–Crippen LogP) is -0.492. The zero-order valence-corrected chi connectivity index (χ0v) is 9.83. The monoisotopic (exact) mass is 230 g/mol. The number of aliphatic hydroxyl groups excluding tert-OH is 1. The van der Waals surface area contributed by atoms with Crippen molar-refractivity contribution in [3.8, 4) is 0 Å². The second-order valence-corrected chi connectivity index (χ2v) is 5.18. The molecule has 5 N–H and O–H groups in total. The SMILES string of the molecule is CC(O)(CO)CNC(=O)CC1(N)CCCC1. The fourth-order valence-corrected chi connectivity index (χ4v) is 1.98. The predicted molar refractivity (Wildman–Crippen MR) is 60.7 cm³/mol. The number of nitrogens with one attached hydrogen (secondary N) is 1. The number of rotatable bonds is 5. The Kier molecular flexibility index (Phi) is 4.29. The van der Waals surface area contributed by atoms with Crippen molar-refractivity contribution in [1.82, 2.24) is 5.32 Å². The van der Waals surface area contributed by atoms with Crippen LogP contribution in [-0.2, 0) is 4.79 Å². The Balaban J connectivity index is 2.31. The number of carbonyl (C=O) groups is 1. The van der Waals surface area contributed by atoms with Gasteiger partial charge in [-0.25, -0.2) is 0 Å². The molecule has 1 aliphatic rings. The third kappa shape index (κ3) is 4.08. The van der Waals surface area contributed by atoms with E-state index in [4.69, 9.17) is 10.8 Å². The van der Waals surface area contributed by atoms with E-state index < -0.39 is 5.60 Å². The summed E-state index contributed by atoms with van der Waals surface area (Å²) in [5.74, 6) is -0.155. The number of hydrogen-bond acceptors (Lipinski definition) is 4. The molecule has 0 heterocycles. The standard InChI is InChI=1S/C11H22N2O3/c1-10(16,8-14)7-13-9(15)6-11(12)4-2-3-5-11/h14,16H,2-8,12H2,1H3,(H,13,15). The van der Waals surface area contributed by atoms with E-state index in [9.17, 15) is 9.90 Å². The summed E-state index contributed by atoms with van der Waals surface area (Å²) >= 11 is 0. The van der Waals surface area contributed by atoms with Gasteiger partial charge in [0.15, 0.2) is 0 Å². The maximum absolute atomic E-state index is 11.6. The number of nitrogens with two attached hydrogens (primary N) is 1. The first-order valence-electron chi connectivity index (χ1n) is 5.76. The second-order valence-electron chi connectivity index (χ2n) is 5.18. The largest absolute Gasteiger partial charge is 0.393 e. The minimum absolute atomic E-state index is 0.0540. The number of amides is 1. The summed E-state index contributed by atoms with van der Waals surface area (Å²) in [6.45, 7) is 1.15. The van der Waals surface area contributed by atoms with Gasteiger partial charge in [-0.2, -0.15) is 0 Å². The van der Waals surface area contributed by atoms with Crippen LogP contribution in [0.25, 0.3) is 0 Å². The van der Waals surface area contributed by atoms with Gasteiger partial charge in [0, 0.05) is 18.5 Å². The third-order valence-electron chi connectivity index (χ3n) is 3.12. The first-order valence-corrected chi connectivity index (χ1v) is 5.76. The van der Waals surface area contributed by atoms with E-state index in [0.29, 0.717) is 6.42 Å². The molecule has 1 atom stereocenters. The minimum atomic E-state index is -1.26. The molecule has 0 radical (unpaired) electrons. The molecule has 94 valence electrons. The molecule has 16 heavy (non-hydrogen) atoms. The van der Waals surface area contributed by atoms with Gasteiger partial charge in [0.25, 0.3) is 0 Å². The first kappa shape index (κ1) is 13.4. The van der Waals surface area contributed by atoms with E-state index in [0.717, 1.165) is 25.7 Å². The molecule has 1 unspecified atom stereocenters. The highest BCUT2D eigenvalue weighted by molar-refractivity contribution is 5.77. The summed E-state index contributed by atoms with van der Waals surface area (Å²) < 4.78 is 0. The molecule has 0 bridgehead atoms. The van der Waals surface area contributed by atoms with Gasteiger partial charge in [-0.1, -0.05) is 12.8 Å². The Morgan fingerprint density at radius 1 is 1.50 bits per heavy atom. The van der Waals surface area contributed by atoms with E-state index in [2.05, 4.69) is 5.32 Å². The van der Waals surface area contributed by atoms with Crippen LogP contribution in [0.2, 0.25) is 0 Å². The summed E-state index contributed by atoms with van der Waals surface area (Å²) in [6.07, 6.45) is 4.23. The molecule has 1 rings (SSSR count). The topological polar surface area (TPSA) is 95.6 Å². The molecule has 0 spiro atoms. The lowest BCUT2D eigenvalue weighted by molar-refractivity contribution is -0.123. The van der Waals surface area contributed by atoms with E-state index in [1.807, 2.05) is 0 Å². The molecule has 0 aromatic rings. The summed E-state index contributed by atoms with van der Waals surface area (Å²) in [5, 5.41) is 20.9. The van der Waals surface area contributed by atoms with Gasteiger partial charge in [0.05, 0.1) is 6.61 Å². The van der Waals surface area contributed by atoms with Crippen LogP contribution in [0.4, 0.5) is 0 Å². The lowest BCUT2D eigenvalue weighted by Gasteiger charge is -2.25. The zero-order chi connectivity index (χ0) is 12.2. The van der Waals surface area contributed by atoms with Crippen molar-refractivity contribution >= 4 is 5.91 Å². The summed E-state index contributed by atoms with van der Waals surface area (Å²) in [4.78, 5) is 11.6. The van der Waals surface area contributed by atoms with Crippen molar-refractivity contribution in [3.05, 3.63) is 0 Å². The highest BCUT2D eigenvalue weighted by Crippen LogP contribution is 2.29. The van der Waals surface area contributed by atoms with Gasteiger partial charge in [-0.05, 0) is 19.8 Å². The molecule has 1 amide bonds. The van der Waals surface area contributed by atoms with E-state index >= 15 is 0 Å². The molecule has 0 aromatic heterocycles. The summed E-state index contributed by atoms with van der Waals surface area (Å²) in [6, 6.07) is 0. The van der Waals surface area contributed by atoms with Crippen LogP contribution in [0.5, 0.6) is 0 Å². The molecular formula is C11H22N2O3. The maximum atomic E-state index is 11.6. The van der Waals surface area contributed by atoms with Gasteiger partial charge in [0.1, 0.15) is 5.60 Å². The highest BCUT2D eigenvalue weighted by atomic mass is 16.3. The highest BCUT2D eigenvalue weighted by Gasteiger charge is 2.32. The van der Waals surface area contributed by atoms with Crippen LogP contribution < -0.4 is 11.1 Å². The Bertz CT molecular complexity index is 248. The molecule has 0 aliphatic heterocycles. The van der Waals surface area contributed by atoms with Crippen LogP contribution in [0, 0.1) is 0 Å². The van der Waals surface area contributed by atoms with Crippen molar-refractivity contribution in [1.29, 1.82) is 0 Å². The lowest BCUT2D eigenvalue weighted by atomic mass is 9.94. The Labute approximate surface area is 96.0 Å². The third-order valence-corrected chi connectivity index (χ3v) is 3.12. The maximum Gasteiger partial charge on any atom is 0.221 e. The van der Waals surface area contributed by atoms with Crippen LogP contribution in [0.1, 0.15) is 39.0 Å².